The molecule has 0 spiro atoms. The Labute approximate surface area is 123 Å². The maximum absolute atomic E-state index is 10.8. The summed E-state index contributed by atoms with van der Waals surface area (Å²) < 4.78 is 26.1. The van der Waals surface area contributed by atoms with E-state index in [0.717, 1.165) is 11.1 Å². The third-order valence-corrected chi connectivity index (χ3v) is 3.03. The van der Waals surface area contributed by atoms with E-state index in [1.165, 1.54) is 12.1 Å². The Kier molecular flexibility index (Phi) is 4.38. The van der Waals surface area contributed by atoms with Crippen molar-refractivity contribution in [1.82, 2.24) is 0 Å². The van der Waals surface area contributed by atoms with Crippen LogP contribution in [0.3, 0.4) is 0 Å². The van der Waals surface area contributed by atoms with Gasteiger partial charge in [-0.1, -0.05) is 42.5 Å². The quantitative estimate of drug-likeness (QED) is 0.692. The maximum atomic E-state index is 10.8. The zero-order valence-corrected chi connectivity index (χ0v) is 11.7. The standard InChI is InChI=1S/C15H12N2O3S/c16-11-14(13-4-2-1-3-5-13)10-12-6-8-15(9-7-12)20-21(17,18)19/h1-10H,(H2,17,18,19)/b14-10+. The van der Waals surface area contributed by atoms with Crippen molar-refractivity contribution in [2.75, 3.05) is 0 Å². The SMILES string of the molecule is N#C/C(=C\c1ccc(OS(N)(=O)=O)cc1)c1ccccc1. The summed E-state index contributed by atoms with van der Waals surface area (Å²) in [5.74, 6) is 0.118. The summed E-state index contributed by atoms with van der Waals surface area (Å²) in [6, 6.07) is 17.6. The predicted molar refractivity (Wildman–Crippen MR) is 80.1 cm³/mol. The minimum atomic E-state index is -4.03. The molecule has 0 radical (unpaired) electrons. The van der Waals surface area contributed by atoms with E-state index in [9.17, 15) is 13.7 Å². The number of nitrogens with two attached hydrogens (primary N) is 1. The molecule has 0 unspecified atom stereocenters. The van der Waals surface area contributed by atoms with E-state index in [-0.39, 0.29) is 5.75 Å². The molecule has 0 saturated heterocycles. The Morgan fingerprint density at radius 3 is 2.24 bits per heavy atom. The fourth-order valence-corrected chi connectivity index (χ4v) is 2.10. The lowest BCUT2D eigenvalue weighted by molar-refractivity contribution is 0.488. The van der Waals surface area contributed by atoms with Crippen LogP contribution in [0.2, 0.25) is 0 Å². The van der Waals surface area contributed by atoms with Crippen molar-refractivity contribution in [3.05, 3.63) is 65.7 Å². The van der Waals surface area contributed by atoms with Crippen LogP contribution in [0.25, 0.3) is 11.6 Å². The Bertz CT molecular complexity index is 789. The molecule has 0 fully saturated rings. The fraction of sp³-hybridized carbons (Fsp3) is 0. The molecule has 2 aromatic carbocycles. The minimum Gasteiger partial charge on any atom is -0.371 e. The Morgan fingerprint density at radius 2 is 1.71 bits per heavy atom. The zero-order chi connectivity index (χ0) is 15.3. The van der Waals surface area contributed by atoms with Crippen LogP contribution in [0.15, 0.2) is 54.6 Å². The number of hydrogen-bond donors (Lipinski definition) is 1. The molecule has 0 aliphatic heterocycles. The van der Waals surface area contributed by atoms with Gasteiger partial charge in [0.2, 0.25) is 0 Å². The van der Waals surface area contributed by atoms with Gasteiger partial charge in [-0.15, -0.1) is 0 Å². The van der Waals surface area contributed by atoms with Crippen molar-refractivity contribution in [3.8, 4) is 11.8 Å². The Balaban J connectivity index is 2.27. The molecular weight excluding hydrogens is 288 g/mol. The molecule has 21 heavy (non-hydrogen) atoms. The monoisotopic (exact) mass is 300 g/mol. The first-order chi connectivity index (χ1) is 9.98. The molecule has 0 heterocycles. The highest BCUT2D eigenvalue weighted by atomic mass is 32.2. The van der Waals surface area contributed by atoms with Crippen LogP contribution >= 0.6 is 0 Å². The van der Waals surface area contributed by atoms with Gasteiger partial charge >= 0.3 is 10.3 Å². The molecule has 0 amide bonds. The van der Waals surface area contributed by atoms with Crippen LogP contribution in [0.1, 0.15) is 11.1 Å². The van der Waals surface area contributed by atoms with Crippen molar-refractivity contribution < 1.29 is 12.6 Å². The van der Waals surface area contributed by atoms with E-state index in [2.05, 4.69) is 10.3 Å². The normalized spacial score (nSPS) is 11.7. The summed E-state index contributed by atoms with van der Waals surface area (Å²) in [6.45, 7) is 0. The van der Waals surface area contributed by atoms with Gasteiger partial charge in [0, 0.05) is 0 Å². The molecule has 5 nitrogen and oxygen atoms in total. The van der Waals surface area contributed by atoms with Crippen LogP contribution in [0.4, 0.5) is 0 Å². The van der Waals surface area contributed by atoms with Gasteiger partial charge < -0.3 is 4.18 Å². The van der Waals surface area contributed by atoms with Crippen molar-refractivity contribution in [1.29, 1.82) is 5.26 Å². The molecule has 6 heteroatoms. The first-order valence-corrected chi connectivity index (χ1v) is 7.44. The molecule has 2 aromatic rings. The van der Waals surface area contributed by atoms with E-state index < -0.39 is 10.3 Å². The summed E-state index contributed by atoms with van der Waals surface area (Å²) in [5.41, 5.74) is 2.07. The fourth-order valence-electron chi connectivity index (χ4n) is 1.72. The largest absolute Gasteiger partial charge is 0.380 e. The minimum absolute atomic E-state index is 0.118. The van der Waals surface area contributed by atoms with Gasteiger partial charge in [-0.05, 0) is 29.3 Å². The lowest BCUT2D eigenvalue weighted by Crippen LogP contribution is -2.18. The number of nitriles is 1. The van der Waals surface area contributed by atoms with Crippen molar-refractivity contribution in [2.45, 2.75) is 0 Å². The topological polar surface area (TPSA) is 93.2 Å². The van der Waals surface area contributed by atoms with E-state index in [0.29, 0.717) is 5.57 Å². The molecule has 0 aliphatic rings. The highest BCUT2D eigenvalue weighted by Gasteiger charge is 2.05. The highest BCUT2D eigenvalue weighted by Crippen LogP contribution is 2.19. The number of rotatable bonds is 4. The lowest BCUT2D eigenvalue weighted by atomic mass is 10.0. The van der Waals surface area contributed by atoms with Crippen molar-refractivity contribution in [3.63, 3.8) is 0 Å². The zero-order valence-electron chi connectivity index (χ0n) is 10.9. The number of nitrogens with zero attached hydrogens (tertiary/aromatic N) is 1. The second-order valence-electron chi connectivity index (χ2n) is 4.18. The third-order valence-electron chi connectivity index (χ3n) is 2.61. The number of allylic oxidation sites excluding steroid dienone is 1. The molecule has 0 atom stereocenters. The Hall–Kier alpha value is -2.62. The van der Waals surface area contributed by atoms with Crippen LogP contribution in [-0.4, -0.2) is 8.42 Å². The van der Waals surface area contributed by atoms with Gasteiger partial charge in [0.15, 0.2) is 0 Å². The second-order valence-corrected chi connectivity index (χ2v) is 5.33. The first kappa shape index (κ1) is 14.8. The van der Waals surface area contributed by atoms with E-state index in [1.54, 1.807) is 18.2 Å². The lowest BCUT2D eigenvalue weighted by Gasteiger charge is -2.03. The summed E-state index contributed by atoms with van der Waals surface area (Å²) >= 11 is 0. The molecule has 0 aliphatic carbocycles. The molecule has 2 rings (SSSR count). The molecular formula is C15H12N2O3S. The van der Waals surface area contributed by atoms with Crippen LogP contribution in [0.5, 0.6) is 5.75 Å². The molecule has 0 aromatic heterocycles. The highest BCUT2D eigenvalue weighted by molar-refractivity contribution is 7.84. The van der Waals surface area contributed by atoms with Crippen LogP contribution < -0.4 is 9.32 Å². The smallest absolute Gasteiger partial charge is 0.371 e. The molecule has 106 valence electrons. The summed E-state index contributed by atoms with van der Waals surface area (Å²) in [5, 5.41) is 14.0. The van der Waals surface area contributed by atoms with Crippen LogP contribution in [0, 0.1) is 11.3 Å². The second kappa shape index (κ2) is 6.22. The molecule has 0 bridgehead atoms. The van der Waals surface area contributed by atoms with Gasteiger partial charge in [-0.3, -0.25) is 0 Å². The summed E-state index contributed by atoms with van der Waals surface area (Å²) in [6.07, 6.45) is 1.70. The Morgan fingerprint density at radius 1 is 1.10 bits per heavy atom. The average Bonchev–Trinajstić information content (AvgIpc) is 2.46. The van der Waals surface area contributed by atoms with E-state index in [1.807, 2.05) is 30.3 Å². The predicted octanol–water partition coefficient (Wildman–Crippen LogP) is 2.33. The van der Waals surface area contributed by atoms with Crippen molar-refractivity contribution >= 4 is 22.0 Å². The van der Waals surface area contributed by atoms with Crippen molar-refractivity contribution in [2.24, 2.45) is 5.14 Å². The third kappa shape index (κ3) is 4.45. The van der Waals surface area contributed by atoms with Gasteiger partial charge in [-0.2, -0.15) is 18.8 Å². The van der Waals surface area contributed by atoms with Gasteiger partial charge in [0.1, 0.15) is 5.75 Å². The van der Waals surface area contributed by atoms with E-state index in [4.69, 9.17) is 5.14 Å². The number of benzene rings is 2. The van der Waals surface area contributed by atoms with E-state index >= 15 is 0 Å². The first-order valence-electron chi connectivity index (χ1n) is 5.97. The molecule has 2 N–H and O–H groups in total. The maximum Gasteiger partial charge on any atom is 0.380 e. The van der Waals surface area contributed by atoms with Gasteiger partial charge in [-0.25, -0.2) is 0 Å². The average molecular weight is 300 g/mol. The van der Waals surface area contributed by atoms with Gasteiger partial charge in [0.25, 0.3) is 0 Å². The van der Waals surface area contributed by atoms with Gasteiger partial charge in [0.05, 0.1) is 11.6 Å². The summed E-state index contributed by atoms with van der Waals surface area (Å²) in [4.78, 5) is 0. The number of hydrogen-bond acceptors (Lipinski definition) is 4. The molecule has 0 saturated carbocycles. The van der Waals surface area contributed by atoms with Crippen LogP contribution in [-0.2, 0) is 10.3 Å². The summed E-state index contributed by atoms with van der Waals surface area (Å²) in [7, 11) is -4.03.